The van der Waals surface area contributed by atoms with Crippen molar-refractivity contribution in [2.45, 2.75) is 18.9 Å². The van der Waals surface area contributed by atoms with Gasteiger partial charge in [-0.25, -0.2) is 0 Å². The van der Waals surface area contributed by atoms with Gasteiger partial charge in [-0.15, -0.1) is 11.6 Å². The first kappa shape index (κ1) is 12.7. The molecule has 1 rings (SSSR count). The van der Waals surface area contributed by atoms with Crippen LogP contribution in [0.4, 0.5) is 0 Å². The van der Waals surface area contributed by atoms with Crippen LogP contribution in [0.1, 0.15) is 12.8 Å². The lowest BCUT2D eigenvalue weighted by Gasteiger charge is -2.22. The summed E-state index contributed by atoms with van der Waals surface area (Å²) < 4.78 is 10.0. The number of alkyl halides is 1. The Morgan fingerprint density at radius 1 is 1.53 bits per heavy atom. The predicted molar refractivity (Wildman–Crippen MR) is 58.2 cm³/mol. The maximum absolute atomic E-state index is 11.7. The molecule has 0 bridgehead atoms. The van der Waals surface area contributed by atoms with E-state index in [1.54, 1.807) is 7.11 Å². The molecule has 0 aromatic heterocycles. The van der Waals surface area contributed by atoms with Crippen LogP contribution in [-0.2, 0) is 14.3 Å². The third-order valence-corrected chi connectivity index (χ3v) is 2.89. The maximum Gasteiger partial charge on any atom is 0.248 e. The number of halogens is 1. The molecule has 88 valence electrons. The number of amides is 1. The van der Waals surface area contributed by atoms with Gasteiger partial charge in [0.05, 0.1) is 13.2 Å². The van der Waals surface area contributed by atoms with Gasteiger partial charge in [-0.3, -0.25) is 4.79 Å². The Balaban J connectivity index is 2.21. The summed E-state index contributed by atoms with van der Waals surface area (Å²) in [6, 6.07) is 0.199. The van der Waals surface area contributed by atoms with Gasteiger partial charge in [-0.05, 0) is 12.8 Å². The number of methoxy groups -OCH3 is 1. The lowest BCUT2D eigenvalue weighted by atomic mass is 10.2. The van der Waals surface area contributed by atoms with Crippen molar-refractivity contribution < 1.29 is 14.3 Å². The first-order chi connectivity index (χ1) is 7.29. The van der Waals surface area contributed by atoms with Crippen LogP contribution in [0, 0.1) is 0 Å². The number of hydrogen-bond acceptors (Lipinski definition) is 3. The van der Waals surface area contributed by atoms with Crippen LogP contribution in [-0.4, -0.2) is 56.2 Å². The molecule has 0 radical (unpaired) electrons. The highest BCUT2D eigenvalue weighted by Gasteiger charge is 2.27. The van der Waals surface area contributed by atoms with Crippen molar-refractivity contribution in [3.05, 3.63) is 0 Å². The Bertz CT molecular complexity index is 201. The average molecular weight is 236 g/mol. The minimum atomic E-state index is 0.0363. The molecule has 1 heterocycles. The summed E-state index contributed by atoms with van der Waals surface area (Å²) in [6.45, 7) is 1.93. The molecule has 1 aliphatic heterocycles. The van der Waals surface area contributed by atoms with Gasteiger partial charge in [-0.1, -0.05) is 0 Å². The second kappa shape index (κ2) is 7.04. The Hall–Kier alpha value is -0.320. The number of carbonyl (C=O) groups excluding carboxylic acids is 1. The molecule has 0 N–H and O–H groups in total. The highest BCUT2D eigenvalue weighted by atomic mass is 35.5. The van der Waals surface area contributed by atoms with Crippen molar-refractivity contribution in [2.75, 3.05) is 39.4 Å². The summed E-state index contributed by atoms with van der Waals surface area (Å²) in [5.74, 6) is 0.554. The maximum atomic E-state index is 11.7. The Labute approximate surface area is 95.5 Å². The van der Waals surface area contributed by atoms with E-state index in [9.17, 15) is 4.79 Å². The zero-order valence-corrected chi connectivity index (χ0v) is 9.83. The normalized spacial score (nSPS) is 20.9. The molecule has 1 aliphatic rings. The molecule has 0 aromatic carbocycles. The third-order valence-electron chi connectivity index (χ3n) is 2.53. The molecule has 1 unspecified atom stereocenters. The number of rotatable bonds is 6. The van der Waals surface area contributed by atoms with E-state index in [1.165, 1.54) is 0 Å². The Morgan fingerprint density at radius 2 is 2.33 bits per heavy atom. The van der Waals surface area contributed by atoms with E-state index in [-0.39, 0.29) is 18.6 Å². The highest BCUT2D eigenvalue weighted by Crippen LogP contribution is 2.18. The second-order valence-electron chi connectivity index (χ2n) is 3.58. The number of carbonyl (C=O) groups is 1. The Morgan fingerprint density at radius 3 is 3.00 bits per heavy atom. The molecule has 0 saturated carbocycles. The monoisotopic (exact) mass is 235 g/mol. The van der Waals surface area contributed by atoms with Gasteiger partial charge in [0.15, 0.2) is 0 Å². The fourth-order valence-electron chi connectivity index (χ4n) is 1.71. The van der Waals surface area contributed by atoms with Crippen molar-refractivity contribution in [2.24, 2.45) is 0 Å². The molecule has 0 spiro atoms. The fraction of sp³-hybridized carbons (Fsp3) is 0.900. The van der Waals surface area contributed by atoms with Crippen LogP contribution in [0.25, 0.3) is 0 Å². The molecule has 4 nitrogen and oxygen atoms in total. The van der Waals surface area contributed by atoms with Crippen LogP contribution >= 0.6 is 11.6 Å². The van der Waals surface area contributed by atoms with Crippen molar-refractivity contribution in [3.63, 3.8) is 0 Å². The Kier molecular flexibility index (Phi) is 5.98. The van der Waals surface area contributed by atoms with E-state index in [2.05, 4.69) is 0 Å². The van der Waals surface area contributed by atoms with Crippen LogP contribution in [0.2, 0.25) is 0 Å². The summed E-state index contributed by atoms with van der Waals surface area (Å²) in [5.41, 5.74) is 0. The second-order valence-corrected chi connectivity index (χ2v) is 3.89. The molecule has 1 fully saturated rings. The van der Waals surface area contributed by atoms with Crippen LogP contribution in [0.3, 0.4) is 0 Å². The zero-order valence-electron chi connectivity index (χ0n) is 9.08. The molecule has 5 heteroatoms. The summed E-state index contributed by atoms with van der Waals surface area (Å²) in [5, 5.41) is 0. The van der Waals surface area contributed by atoms with Gasteiger partial charge >= 0.3 is 0 Å². The van der Waals surface area contributed by atoms with E-state index < -0.39 is 0 Å². The quantitative estimate of drug-likeness (QED) is 0.507. The molecular formula is C10H18ClNO3. The molecule has 15 heavy (non-hydrogen) atoms. The minimum absolute atomic E-state index is 0.0363. The van der Waals surface area contributed by atoms with E-state index in [0.29, 0.717) is 19.1 Å². The molecule has 1 atom stereocenters. The minimum Gasteiger partial charge on any atom is -0.382 e. The van der Waals surface area contributed by atoms with Crippen LogP contribution < -0.4 is 0 Å². The molecule has 0 aromatic rings. The molecule has 1 amide bonds. The number of ether oxygens (including phenoxy) is 2. The summed E-state index contributed by atoms with van der Waals surface area (Å²) >= 11 is 5.78. The summed E-state index contributed by atoms with van der Waals surface area (Å²) in [6.07, 6.45) is 2.05. The van der Waals surface area contributed by atoms with E-state index in [0.717, 1.165) is 19.4 Å². The third kappa shape index (κ3) is 3.97. The summed E-state index contributed by atoms with van der Waals surface area (Å²) in [7, 11) is 1.61. The lowest BCUT2D eigenvalue weighted by molar-refractivity contribution is -0.137. The van der Waals surface area contributed by atoms with E-state index in [1.807, 2.05) is 4.90 Å². The average Bonchev–Trinajstić information content (AvgIpc) is 2.72. The van der Waals surface area contributed by atoms with Gasteiger partial charge < -0.3 is 14.4 Å². The summed E-state index contributed by atoms with van der Waals surface area (Å²) in [4.78, 5) is 13.5. The standard InChI is InChI=1S/C10H18ClNO3/c1-14-5-6-15-8-10(13)12-4-2-3-9(12)7-11/h9H,2-8H2,1H3. The number of likely N-dealkylation sites (tertiary alicyclic amines) is 1. The van der Waals surface area contributed by atoms with Gasteiger partial charge in [0.25, 0.3) is 0 Å². The van der Waals surface area contributed by atoms with Crippen molar-refractivity contribution >= 4 is 17.5 Å². The largest absolute Gasteiger partial charge is 0.382 e. The lowest BCUT2D eigenvalue weighted by Crippen LogP contribution is -2.39. The predicted octanol–water partition coefficient (Wildman–Crippen LogP) is 0.879. The van der Waals surface area contributed by atoms with E-state index >= 15 is 0 Å². The fourth-order valence-corrected chi connectivity index (χ4v) is 2.03. The highest BCUT2D eigenvalue weighted by molar-refractivity contribution is 6.18. The number of nitrogens with zero attached hydrogens (tertiary/aromatic N) is 1. The van der Waals surface area contributed by atoms with Crippen LogP contribution in [0.5, 0.6) is 0 Å². The first-order valence-corrected chi connectivity index (χ1v) is 5.75. The van der Waals surface area contributed by atoms with E-state index in [4.69, 9.17) is 21.1 Å². The SMILES string of the molecule is COCCOCC(=O)N1CCCC1CCl. The molecule has 0 aliphatic carbocycles. The molecular weight excluding hydrogens is 218 g/mol. The van der Waals surface area contributed by atoms with Crippen molar-refractivity contribution in [1.82, 2.24) is 4.90 Å². The first-order valence-electron chi connectivity index (χ1n) is 5.21. The van der Waals surface area contributed by atoms with Crippen LogP contribution in [0.15, 0.2) is 0 Å². The van der Waals surface area contributed by atoms with Gasteiger partial charge in [0.2, 0.25) is 5.91 Å². The van der Waals surface area contributed by atoms with Crippen molar-refractivity contribution in [1.29, 1.82) is 0 Å². The smallest absolute Gasteiger partial charge is 0.248 e. The topological polar surface area (TPSA) is 38.8 Å². The van der Waals surface area contributed by atoms with Gasteiger partial charge in [0.1, 0.15) is 6.61 Å². The van der Waals surface area contributed by atoms with Crippen molar-refractivity contribution in [3.8, 4) is 0 Å². The van der Waals surface area contributed by atoms with Gasteiger partial charge in [0, 0.05) is 25.6 Å². The molecule has 1 saturated heterocycles. The zero-order chi connectivity index (χ0) is 11.1. The van der Waals surface area contributed by atoms with Gasteiger partial charge in [-0.2, -0.15) is 0 Å². The number of hydrogen-bond donors (Lipinski definition) is 0.